The predicted octanol–water partition coefficient (Wildman–Crippen LogP) is 1.56. The first-order valence-electron chi connectivity index (χ1n) is 4.48. The zero-order valence-electron chi connectivity index (χ0n) is 8.32. The number of hydrogen-bond acceptors (Lipinski definition) is 3. The van der Waals surface area contributed by atoms with Gasteiger partial charge in [0.05, 0.1) is 11.9 Å². The minimum Gasteiger partial charge on any atom is -0.477 e. The van der Waals surface area contributed by atoms with Gasteiger partial charge in [-0.15, -0.1) is 0 Å². The molecule has 0 aliphatic rings. The summed E-state index contributed by atoms with van der Waals surface area (Å²) >= 11 is 0. The van der Waals surface area contributed by atoms with Crippen LogP contribution in [0.4, 0.5) is 5.69 Å². The molecule has 0 saturated heterocycles. The molecule has 0 saturated carbocycles. The van der Waals surface area contributed by atoms with E-state index in [4.69, 9.17) is 10.8 Å². The predicted molar refractivity (Wildman–Crippen MR) is 54.2 cm³/mol. The lowest BCUT2D eigenvalue weighted by atomic mass is 10.0. The number of anilines is 1. The Hall–Kier alpha value is -1.58. The van der Waals surface area contributed by atoms with Crippen LogP contribution in [0.1, 0.15) is 29.9 Å². The van der Waals surface area contributed by atoms with Crippen molar-refractivity contribution in [2.45, 2.75) is 20.3 Å². The Balaban J connectivity index is 3.09. The van der Waals surface area contributed by atoms with Gasteiger partial charge in [-0.2, -0.15) is 0 Å². The second kappa shape index (κ2) is 4.09. The number of carboxylic acids is 1. The summed E-state index contributed by atoms with van der Waals surface area (Å²) in [4.78, 5) is 14.6. The van der Waals surface area contributed by atoms with Crippen molar-refractivity contribution >= 4 is 11.7 Å². The van der Waals surface area contributed by atoms with Crippen LogP contribution in [0.2, 0.25) is 0 Å². The highest BCUT2D eigenvalue weighted by molar-refractivity contribution is 5.87. The topological polar surface area (TPSA) is 76.2 Å². The van der Waals surface area contributed by atoms with Gasteiger partial charge in [-0.25, -0.2) is 9.78 Å². The summed E-state index contributed by atoms with van der Waals surface area (Å²) in [5.74, 6) is -0.614. The summed E-state index contributed by atoms with van der Waals surface area (Å²) in [6, 6.07) is 1.68. The van der Waals surface area contributed by atoms with Gasteiger partial charge in [-0.3, -0.25) is 0 Å². The van der Waals surface area contributed by atoms with E-state index in [1.807, 2.05) is 13.8 Å². The van der Waals surface area contributed by atoms with Crippen LogP contribution in [-0.2, 0) is 6.42 Å². The van der Waals surface area contributed by atoms with Crippen LogP contribution in [-0.4, -0.2) is 16.1 Å². The second-order valence-corrected chi connectivity index (χ2v) is 3.68. The molecule has 0 spiro atoms. The molecule has 3 N–H and O–H groups in total. The maximum absolute atomic E-state index is 10.8. The molecule has 4 nitrogen and oxygen atoms in total. The summed E-state index contributed by atoms with van der Waals surface area (Å²) < 4.78 is 0. The fourth-order valence-electron chi connectivity index (χ4n) is 1.32. The van der Waals surface area contributed by atoms with Crippen molar-refractivity contribution in [3.05, 3.63) is 23.5 Å². The van der Waals surface area contributed by atoms with Gasteiger partial charge in [0.2, 0.25) is 0 Å². The lowest BCUT2D eigenvalue weighted by Crippen LogP contribution is -2.08. The number of rotatable bonds is 3. The Labute approximate surface area is 82.8 Å². The van der Waals surface area contributed by atoms with Gasteiger partial charge in [-0.1, -0.05) is 13.8 Å². The number of pyridine rings is 1. The van der Waals surface area contributed by atoms with Crippen molar-refractivity contribution in [1.29, 1.82) is 0 Å². The Kier molecular flexibility index (Phi) is 3.06. The molecule has 0 atom stereocenters. The molecule has 0 radical (unpaired) electrons. The average molecular weight is 194 g/mol. The van der Waals surface area contributed by atoms with E-state index in [1.165, 1.54) is 6.20 Å². The Morgan fingerprint density at radius 3 is 2.79 bits per heavy atom. The number of nitrogens with zero attached hydrogens (tertiary/aromatic N) is 1. The van der Waals surface area contributed by atoms with Crippen LogP contribution < -0.4 is 5.73 Å². The zero-order valence-corrected chi connectivity index (χ0v) is 8.32. The van der Waals surface area contributed by atoms with E-state index in [0.717, 1.165) is 0 Å². The first kappa shape index (κ1) is 10.5. The molecule has 1 aromatic rings. The minimum absolute atomic E-state index is 0.105. The van der Waals surface area contributed by atoms with E-state index in [0.29, 0.717) is 23.6 Å². The van der Waals surface area contributed by atoms with Crippen LogP contribution in [0, 0.1) is 5.92 Å². The summed E-state index contributed by atoms with van der Waals surface area (Å²) in [7, 11) is 0. The molecule has 1 rings (SSSR count). The molecular weight excluding hydrogens is 180 g/mol. The number of carbonyl (C=O) groups is 1. The monoisotopic (exact) mass is 194 g/mol. The van der Waals surface area contributed by atoms with Gasteiger partial charge in [0.15, 0.2) is 5.69 Å². The molecule has 0 amide bonds. The number of aromatic carboxylic acids is 1. The normalized spacial score (nSPS) is 10.5. The molecule has 76 valence electrons. The Bertz CT molecular complexity index is 348. The van der Waals surface area contributed by atoms with Crippen molar-refractivity contribution in [3.63, 3.8) is 0 Å². The SMILES string of the molecule is CC(C)Cc1cc(N)cnc1C(=O)O. The van der Waals surface area contributed by atoms with Crippen LogP contribution in [0.25, 0.3) is 0 Å². The van der Waals surface area contributed by atoms with E-state index in [2.05, 4.69) is 4.98 Å². The molecule has 0 fully saturated rings. The molecule has 0 aliphatic heterocycles. The molecule has 4 heteroatoms. The minimum atomic E-state index is -0.999. The van der Waals surface area contributed by atoms with Gasteiger partial charge >= 0.3 is 5.97 Å². The van der Waals surface area contributed by atoms with Crippen LogP contribution in [0.5, 0.6) is 0 Å². The van der Waals surface area contributed by atoms with E-state index in [9.17, 15) is 4.79 Å². The molecule has 1 heterocycles. The van der Waals surface area contributed by atoms with Gasteiger partial charge < -0.3 is 10.8 Å². The third-order valence-corrected chi connectivity index (χ3v) is 1.82. The molecule has 1 aromatic heterocycles. The van der Waals surface area contributed by atoms with Crippen molar-refractivity contribution in [2.75, 3.05) is 5.73 Å². The molecule has 14 heavy (non-hydrogen) atoms. The summed E-state index contributed by atoms with van der Waals surface area (Å²) in [6.07, 6.45) is 2.05. The first-order chi connectivity index (χ1) is 6.50. The second-order valence-electron chi connectivity index (χ2n) is 3.68. The number of nitrogens with two attached hydrogens (primary N) is 1. The van der Waals surface area contributed by atoms with E-state index in [1.54, 1.807) is 6.07 Å². The average Bonchev–Trinajstić information content (AvgIpc) is 2.01. The van der Waals surface area contributed by atoms with Crippen LogP contribution in [0.3, 0.4) is 0 Å². The zero-order chi connectivity index (χ0) is 10.7. The number of nitrogen functional groups attached to an aromatic ring is 1. The smallest absolute Gasteiger partial charge is 0.354 e. The molecule has 0 unspecified atom stereocenters. The first-order valence-corrected chi connectivity index (χ1v) is 4.48. The van der Waals surface area contributed by atoms with Crippen LogP contribution in [0.15, 0.2) is 12.3 Å². The van der Waals surface area contributed by atoms with Gasteiger partial charge in [0, 0.05) is 0 Å². The van der Waals surface area contributed by atoms with Gasteiger partial charge in [0.1, 0.15) is 0 Å². The van der Waals surface area contributed by atoms with E-state index in [-0.39, 0.29) is 5.69 Å². The molecule has 0 bridgehead atoms. The fraction of sp³-hybridized carbons (Fsp3) is 0.400. The highest BCUT2D eigenvalue weighted by Gasteiger charge is 2.12. The lowest BCUT2D eigenvalue weighted by molar-refractivity contribution is 0.0689. The van der Waals surface area contributed by atoms with Gasteiger partial charge in [-0.05, 0) is 24.0 Å². The maximum Gasteiger partial charge on any atom is 0.354 e. The third-order valence-electron chi connectivity index (χ3n) is 1.82. The Morgan fingerprint density at radius 2 is 2.29 bits per heavy atom. The molecular formula is C10H14N2O2. The maximum atomic E-state index is 10.8. The number of aromatic nitrogens is 1. The number of carboxylic acid groups (broad SMARTS) is 1. The summed E-state index contributed by atoms with van der Waals surface area (Å²) in [6.45, 7) is 4.05. The van der Waals surface area contributed by atoms with Crippen molar-refractivity contribution < 1.29 is 9.90 Å². The highest BCUT2D eigenvalue weighted by Crippen LogP contribution is 2.15. The third kappa shape index (κ3) is 2.45. The largest absolute Gasteiger partial charge is 0.477 e. The lowest BCUT2D eigenvalue weighted by Gasteiger charge is -2.08. The van der Waals surface area contributed by atoms with Crippen molar-refractivity contribution in [1.82, 2.24) is 4.98 Å². The highest BCUT2D eigenvalue weighted by atomic mass is 16.4. The fourth-order valence-corrected chi connectivity index (χ4v) is 1.32. The molecule has 0 aliphatic carbocycles. The quantitative estimate of drug-likeness (QED) is 0.765. The molecule has 0 aromatic carbocycles. The van der Waals surface area contributed by atoms with Gasteiger partial charge in [0.25, 0.3) is 0 Å². The Morgan fingerprint density at radius 1 is 1.64 bits per heavy atom. The van der Waals surface area contributed by atoms with Crippen molar-refractivity contribution in [2.24, 2.45) is 5.92 Å². The standard InChI is InChI=1S/C10H14N2O2/c1-6(2)3-7-4-8(11)5-12-9(7)10(13)14/h4-6H,3,11H2,1-2H3,(H,13,14). The number of hydrogen-bond donors (Lipinski definition) is 2. The summed E-state index contributed by atoms with van der Waals surface area (Å²) in [5.41, 5.74) is 6.86. The van der Waals surface area contributed by atoms with Crippen LogP contribution >= 0.6 is 0 Å². The van der Waals surface area contributed by atoms with E-state index < -0.39 is 5.97 Å². The van der Waals surface area contributed by atoms with Crippen molar-refractivity contribution in [3.8, 4) is 0 Å². The summed E-state index contributed by atoms with van der Waals surface area (Å²) in [5, 5.41) is 8.87. The van der Waals surface area contributed by atoms with E-state index >= 15 is 0 Å².